The Balaban J connectivity index is 2.33. The Hall–Kier alpha value is -0.610. The van der Waals surface area contributed by atoms with Crippen LogP contribution in [0, 0.1) is 5.41 Å². The molecule has 1 saturated heterocycles. The lowest BCUT2D eigenvalue weighted by Gasteiger charge is -2.30. The number of nitrogens with zero attached hydrogens (tertiary/aromatic N) is 1. The standard InChI is InChI=1S/C11H23N3O/c1-11(2,3)8-13-10(15)9-7-14(4)6-5-12-9/h9,12H,5-8H2,1-4H3,(H,13,15). The van der Waals surface area contributed by atoms with Crippen LogP contribution in [0.4, 0.5) is 0 Å². The van der Waals surface area contributed by atoms with Crippen LogP contribution in [0.1, 0.15) is 20.8 Å². The highest BCUT2D eigenvalue weighted by molar-refractivity contribution is 5.82. The highest BCUT2D eigenvalue weighted by Gasteiger charge is 2.24. The Morgan fingerprint density at radius 2 is 2.20 bits per heavy atom. The number of nitrogens with one attached hydrogen (secondary N) is 2. The molecule has 1 aliphatic heterocycles. The molecule has 1 aliphatic rings. The molecule has 1 amide bonds. The molecule has 0 bridgehead atoms. The van der Waals surface area contributed by atoms with Gasteiger partial charge < -0.3 is 15.5 Å². The minimum Gasteiger partial charge on any atom is -0.354 e. The highest BCUT2D eigenvalue weighted by Crippen LogP contribution is 2.10. The molecule has 0 spiro atoms. The van der Waals surface area contributed by atoms with E-state index in [2.05, 4.69) is 36.3 Å². The lowest BCUT2D eigenvalue weighted by molar-refractivity contribution is -0.124. The Labute approximate surface area is 92.4 Å². The van der Waals surface area contributed by atoms with Crippen molar-refractivity contribution in [2.24, 2.45) is 5.41 Å². The average molecular weight is 213 g/mol. The number of piperazine rings is 1. The van der Waals surface area contributed by atoms with Gasteiger partial charge in [-0.1, -0.05) is 20.8 Å². The second-order valence-corrected chi connectivity index (χ2v) is 5.55. The molecule has 0 aromatic carbocycles. The maximum atomic E-state index is 11.8. The Morgan fingerprint density at radius 1 is 1.53 bits per heavy atom. The summed E-state index contributed by atoms with van der Waals surface area (Å²) in [5, 5.41) is 6.22. The molecule has 0 aromatic heterocycles. The third-order valence-electron chi connectivity index (χ3n) is 2.49. The summed E-state index contributed by atoms with van der Waals surface area (Å²) in [6.45, 7) is 9.80. The largest absolute Gasteiger partial charge is 0.354 e. The van der Waals surface area contributed by atoms with Gasteiger partial charge in [0.05, 0.1) is 6.04 Å². The van der Waals surface area contributed by atoms with E-state index >= 15 is 0 Å². The van der Waals surface area contributed by atoms with Crippen molar-refractivity contribution in [3.8, 4) is 0 Å². The van der Waals surface area contributed by atoms with E-state index in [1.54, 1.807) is 0 Å². The van der Waals surface area contributed by atoms with Crippen LogP contribution >= 0.6 is 0 Å². The Bertz CT molecular complexity index is 222. The zero-order valence-corrected chi connectivity index (χ0v) is 10.3. The number of carbonyl (C=O) groups excluding carboxylic acids is 1. The molecule has 4 nitrogen and oxygen atoms in total. The SMILES string of the molecule is CN1CCNC(C(=O)NCC(C)(C)C)C1. The van der Waals surface area contributed by atoms with Crippen molar-refractivity contribution in [2.75, 3.05) is 33.2 Å². The summed E-state index contributed by atoms with van der Waals surface area (Å²) in [4.78, 5) is 14.0. The number of carbonyl (C=O) groups is 1. The lowest BCUT2D eigenvalue weighted by Crippen LogP contribution is -2.56. The van der Waals surface area contributed by atoms with E-state index in [1.165, 1.54) is 0 Å². The molecule has 0 aromatic rings. The summed E-state index contributed by atoms with van der Waals surface area (Å²) >= 11 is 0. The third kappa shape index (κ3) is 4.62. The third-order valence-corrected chi connectivity index (χ3v) is 2.49. The predicted molar refractivity (Wildman–Crippen MR) is 61.8 cm³/mol. The molecular weight excluding hydrogens is 190 g/mol. The topological polar surface area (TPSA) is 44.4 Å². The van der Waals surface area contributed by atoms with Crippen molar-refractivity contribution < 1.29 is 4.79 Å². The van der Waals surface area contributed by atoms with Crippen LogP contribution in [0.25, 0.3) is 0 Å². The second-order valence-electron chi connectivity index (χ2n) is 5.55. The molecule has 88 valence electrons. The molecule has 1 unspecified atom stereocenters. The van der Waals surface area contributed by atoms with E-state index in [0.717, 1.165) is 26.2 Å². The summed E-state index contributed by atoms with van der Waals surface area (Å²) in [6, 6.07) is -0.0499. The number of likely N-dealkylation sites (N-methyl/N-ethyl adjacent to an activating group) is 1. The molecule has 4 heteroatoms. The number of hydrogen-bond donors (Lipinski definition) is 2. The predicted octanol–water partition coefficient (Wildman–Crippen LogP) is 0.0523. The fourth-order valence-electron chi connectivity index (χ4n) is 1.55. The van der Waals surface area contributed by atoms with E-state index < -0.39 is 0 Å². The van der Waals surface area contributed by atoms with Gasteiger partial charge in [-0.05, 0) is 12.5 Å². The fourth-order valence-corrected chi connectivity index (χ4v) is 1.55. The molecular formula is C11H23N3O. The molecule has 1 fully saturated rings. The Kier molecular flexibility index (Phi) is 4.11. The van der Waals surface area contributed by atoms with E-state index in [0.29, 0.717) is 0 Å². The number of hydrogen-bond acceptors (Lipinski definition) is 3. The first kappa shape index (κ1) is 12.5. The molecule has 0 saturated carbocycles. The van der Waals surface area contributed by atoms with E-state index in [1.807, 2.05) is 7.05 Å². The fraction of sp³-hybridized carbons (Fsp3) is 0.909. The van der Waals surface area contributed by atoms with Crippen LogP contribution in [-0.4, -0.2) is 50.1 Å². The van der Waals surface area contributed by atoms with Crippen molar-refractivity contribution in [1.82, 2.24) is 15.5 Å². The van der Waals surface area contributed by atoms with Gasteiger partial charge in [0, 0.05) is 26.2 Å². The van der Waals surface area contributed by atoms with Gasteiger partial charge in [0.1, 0.15) is 0 Å². The van der Waals surface area contributed by atoms with Gasteiger partial charge in [-0.2, -0.15) is 0 Å². The first-order valence-electron chi connectivity index (χ1n) is 5.58. The van der Waals surface area contributed by atoms with Crippen molar-refractivity contribution >= 4 is 5.91 Å². The van der Waals surface area contributed by atoms with Gasteiger partial charge >= 0.3 is 0 Å². The van der Waals surface area contributed by atoms with Crippen LogP contribution < -0.4 is 10.6 Å². The minimum atomic E-state index is -0.0499. The van der Waals surface area contributed by atoms with Crippen LogP contribution in [0.5, 0.6) is 0 Å². The molecule has 1 heterocycles. The first-order valence-corrected chi connectivity index (χ1v) is 5.58. The number of rotatable bonds is 2. The maximum absolute atomic E-state index is 11.8. The lowest BCUT2D eigenvalue weighted by atomic mass is 9.97. The molecule has 1 atom stereocenters. The van der Waals surface area contributed by atoms with Crippen molar-refractivity contribution in [3.63, 3.8) is 0 Å². The monoisotopic (exact) mass is 213 g/mol. The number of amides is 1. The van der Waals surface area contributed by atoms with Gasteiger partial charge in [0.15, 0.2) is 0 Å². The maximum Gasteiger partial charge on any atom is 0.238 e. The van der Waals surface area contributed by atoms with Crippen LogP contribution in [0.15, 0.2) is 0 Å². The van der Waals surface area contributed by atoms with Crippen molar-refractivity contribution in [3.05, 3.63) is 0 Å². The normalized spacial score (nSPS) is 23.9. The van der Waals surface area contributed by atoms with E-state index in [9.17, 15) is 4.79 Å². The molecule has 15 heavy (non-hydrogen) atoms. The molecule has 2 N–H and O–H groups in total. The minimum absolute atomic E-state index is 0.0499. The van der Waals surface area contributed by atoms with E-state index in [-0.39, 0.29) is 17.4 Å². The molecule has 0 aliphatic carbocycles. The van der Waals surface area contributed by atoms with Crippen LogP contribution in [0.3, 0.4) is 0 Å². The zero-order valence-electron chi connectivity index (χ0n) is 10.3. The van der Waals surface area contributed by atoms with Gasteiger partial charge in [-0.15, -0.1) is 0 Å². The van der Waals surface area contributed by atoms with Crippen molar-refractivity contribution in [1.29, 1.82) is 0 Å². The van der Waals surface area contributed by atoms with Gasteiger partial charge in [-0.3, -0.25) is 4.79 Å². The van der Waals surface area contributed by atoms with Crippen LogP contribution in [-0.2, 0) is 4.79 Å². The summed E-state index contributed by atoms with van der Waals surface area (Å²) in [7, 11) is 2.05. The summed E-state index contributed by atoms with van der Waals surface area (Å²) in [6.07, 6.45) is 0. The van der Waals surface area contributed by atoms with Gasteiger partial charge in [0.25, 0.3) is 0 Å². The summed E-state index contributed by atoms with van der Waals surface area (Å²) in [5.74, 6) is 0.122. The highest BCUT2D eigenvalue weighted by atomic mass is 16.2. The molecule has 0 radical (unpaired) electrons. The smallest absolute Gasteiger partial charge is 0.238 e. The zero-order chi connectivity index (χ0) is 11.5. The van der Waals surface area contributed by atoms with E-state index in [4.69, 9.17) is 0 Å². The second kappa shape index (κ2) is 4.94. The quantitative estimate of drug-likeness (QED) is 0.681. The molecule has 1 rings (SSSR count). The first-order chi connectivity index (χ1) is 6.88. The summed E-state index contributed by atoms with van der Waals surface area (Å²) < 4.78 is 0. The van der Waals surface area contributed by atoms with Gasteiger partial charge in [-0.25, -0.2) is 0 Å². The summed E-state index contributed by atoms with van der Waals surface area (Å²) in [5.41, 5.74) is 0.149. The van der Waals surface area contributed by atoms with Gasteiger partial charge in [0.2, 0.25) is 5.91 Å². The average Bonchev–Trinajstić information content (AvgIpc) is 2.13. The van der Waals surface area contributed by atoms with Crippen molar-refractivity contribution in [2.45, 2.75) is 26.8 Å². The Morgan fingerprint density at radius 3 is 2.73 bits per heavy atom. The van der Waals surface area contributed by atoms with Crippen LogP contribution in [0.2, 0.25) is 0 Å².